The molecule has 92 valence electrons. The third kappa shape index (κ3) is 2.80. The maximum Gasteiger partial charge on any atom is 0.0992 e. The molecule has 1 heterocycles. The van der Waals surface area contributed by atoms with Crippen LogP contribution in [0.2, 0.25) is 0 Å². The Bertz CT molecular complexity index is 579. The van der Waals surface area contributed by atoms with Crippen molar-refractivity contribution in [2.24, 2.45) is 7.05 Å². The van der Waals surface area contributed by atoms with Crippen molar-refractivity contribution in [1.82, 2.24) is 9.78 Å². The predicted molar refractivity (Wildman–Crippen MR) is 71.0 cm³/mol. The lowest BCUT2D eigenvalue weighted by atomic mass is 10.2. The van der Waals surface area contributed by atoms with E-state index in [0.717, 1.165) is 24.3 Å². The van der Waals surface area contributed by atoms with Gasteiger partial charge in [0.05, 0.1) is 28.7 Å². The Balaban J connectivity index is 1.92. The average molecular weight is 241 g/mol. The average Bonchev–Trinajstić information content (AvgIpc) is 2.77. The van der Waals surface area contributed by atoms with Gasteiger partial charge in [0.25, 0.3) is 0 Å². The molecule has 0 aliphatic heterocycles. The quantitative estimate of drug-likeness (QED) is 0.795. The second kappa shape index (κ2) is 5.23. The van der Waals surface area contributed by atoms with Crippen molar-refractivity contribution < 1.29 is 0 Å². The summed E-state index contributed by atoms with van der Waals surface area (Å²) in [4.78, 5) is 0. The van der Waals surface area contributed by atoms with E-state index in [2.05, 4.69) is 16.5 Å². The first kappa shape index (κ1) is 12.0. The molecule has 5 nitrogen and oxygen atoms in total. The van der Waals surface area contributed by atoms with Gasteiger partial charge in [0.1, 0.15) is 0 Å². The molecule has 0 aliphatic carbocycles. The zero-order chi connectivity index (χ0) is 13.0. The van der Waals surface area contributed by atoms with E-state index >= 15 is 0 Å². The number of nitrogens with zero attached hydrogens (tertiary/aromatic N) is 3. The van der Waals surface area contributed by atoms with Gasteiger partial charge < -0.3 is 11.1 Å². The second-order valence-corrected chi connectivity index (χ2v) is 4.07. The molecule has 5 heteroatoms. The zero-order valence-corrected chi connectivity index (χ0v) is 10.2. The van der Waals surface area contributed by atoms with Gasteiger partial charge in [-0.2, -0.15) is 10.4 Å². The Morgan fingerprint density at radius 3 is 2.89 bits per heavy atom. The third-order valence-corrected chi connectivity index (χ3v) is 2.65. The van der Waals surface area contributed by atoms with E-state index in [-0.39, 0.29) is 0 Å². The van der Waals surface area contributed by atoms with Crippen LogP contribution in [0.3, 0.4) is 0 Å². The number of nitrogens with one attached hydrogen (secondary N) is 1. The maximum atomic E-state index is 8.74. The van der Waals surface area contributed by atoms with Crippen LogP contribution >= 0.6 is 0 Å². The fraction of sp³-hybridized carbons (Fsp3) is 0.231. The van der Waals surface area contributed by atoms with E-state index in [1.54, 1.807) is 16.8 Å². The van der Waals surface area contributed by atoms with Crippen molar-refractivity contribution in [3.8, 4) is 6.07 Å². The van der Waals surface area contributed by atoms with Crippen LogP contribution in [0.1, 0.15) is 11.3 Å². The van der Waals surface area contributed by atoms with Crippen LogP contribution in [0, 0.1) is 11.3 Å². The van der Waals surface area contributed by atoms with Crippen molar-refractivity contribution in [3.05, 3.63) is 41.7 Å². The molecule has 2 rings (SSSR count). The predicted octanol–water partition coefficient (Wildman–Crippen LogP) is 1.53. The lowest BCUT2D eigenvalue weighted by molar-refractivity contribution is 0.742. The number of nitrogen functional groups attached to an aromatic ring is 1. The summed E-state index contributed by atoms with van der Waals surface area (Å²) in [6.45, 7) is 0.757. The van der Waals surface area contributed by atoms with Crippen LogP contribution in [0.4, 0.5) is 11.4 Å². The molecule has 0 saturated heterocycles. The Morgan fingerprint density at radius 1 is 1.44 bits per heavy atom. The first-order valence-corrected chi connectivity index (χ1v) is 5.71. The van der Waals surface area contributed by atoms with Crippen LogP contribution in [0.25, 0.3) is 0 Å². The van der Waals surface area contributed by atoms with Crippen molar-refractivity contribution in [3.63, 3.8) is 0 Å². The highest BCUT2D eigenvalue weighted by Gasteiger charge is 2.01. The molecule has 0 spiro atoms. The smallest absolute Gasteiger partial charge is 0.0992 e. The second-order valence-electron chi connectivity index (χ2n) is 4.07. The van der Waals surface area contributed by atoms with Crippen molar-refractivity contribution >= 4 is 11.4 Å². The molecule has 2 aromatic rings. The minimum atomic E-state index is 0.572. The first-order valence-electron chi connectivity index (χ1n) is 5.71. The summed E-state index contributed by atoms with van der Waals surface area (Å²) in [7, 11) is 1.90. The van der Waals surface area contributed by atoms with Crippen LogP contribution in [-0.2, 0) is 13.5 Å². The van der Waals surface area contributed by atoms with Crippen LogP contribution in [0.5, 0.6) is 0 Å². The van der Waals surface area contributed by atoms with Crippen LogP contribution in [0.15, 0.2) is 30.5 Å². The van der Waals surface area contributed by atoms with Gasteiger partial charge in [0.15, 0.2) is 0 Å². The highest BCUT2D eigenvalue weighted by Crippen LogP contribution is 2.19. The highest BCUT2D eigenvalue weighted by molar-refractivity contribution is 5.68. The molecule has 0 fully saturated rings. The molecular weight excluding hydrogens is 226 g/mol. The Morgan fingerprint density at radius 2 is 2.28 bits per heavy atom. The van der Waals surface area contributed by atoms with Gasteiger partial charge in [0, 0.05) is 26.2 Å². The lowest BCUT2D eigenvalue weighted by Gasteiger charge is -2.08. The standard InChI is InChI=1S/C13H15N5/c1-18-7-5-11(17-18)4-6-16-13-3-2-10(9-14)8-12(13)15/h2-3,5,7-8,16H,4,6,15H2,1H3. The van der Waals surface area contributed by atoms with E-state index in [9.17, 15) is 0 Å². The maximum absolute atomic E-state index is 8.74. The Kier molecular flexibility index (Phi) is 3.49. The molecule has 18 heavy (non-hydrogen) atoms. The van der Waals surface area contributed by atoms with E-state index in [1.165, 1.54) is 0 Å². The van der Waals surface area contributed by atoms with E-state index in [1.807, 2.05) is 25.4 Å². The Hall–Kier alpha value is -2.48. The van der Waals surface area contributed by atoms with E-state index < -0.39 is 0 Å². The lowest BCUT2D eigenvalue weighted by Crippen LogP contribution is -2.07. The number of nitriles is 1. The van der Waals surface area contributed by atoms with Crippen LogP contribution < -0.4 is 11.1 Å². The van der Waals surface area contributed by atoms with Crippen molar-refractivity contribution in [1.29, 1.82) is 5.26 Å². The third-order valence-electron chi connectivity index (χ3n) is 2.65. The molecule has 0 unspecified atom stereocenters. The molecule has 0 aliphatic rings. The molecule has 0 saturated carbocycles. The van der Waals surface area contributed by atoms with Crippen molar-refractivity contribution in [2.45, 2.75) is 6.42 Å². The zero-order valence-electron chi connectivity index (χ0n) is 10.2. The number of anilines is 2. The summed E-state index contributed by atoms with van der Waals surface area (Å²) in [5, 5.41) is 16.3. The highest BCUT2D eigenvalue weighted by atomic mass is 15.2. The number of aromatic nitrogens is 2. The minimum absolute atomic E-state index is 0.572. The van der Waals surface area contributed by atoms with E-state index in [4.69, 9.17) is 11.0 Å². The summed E-state index contributed by atoms with van der Waals surface area (Å²) in [5.74, 6) is 0. The van der Waals surface area contributed by atoms with Crippen molar-refractivity contribution in [2.75, 3.05) is 17.6 Å². The topological polar surface area (TPSA) is 79.7 Å². The summed E-state index contributed by atoms with van der Waals surface area (Å²) in [6.07, 6.45) is 2.76. The van der Waals surface area contributed by atoms with Gasteiger partial charge in [-0.15, -0.1) is 0 Å². The number of nitrogens with two attached hydrogens (primary N) is 1. The largest absolute Gasteiger partial charge is 0.397 e. The molecule has 0 atom stereocenters. The summed E-state index contributed by atoms with van der Waals surface area (Å²) < 4.78 is 1.78. The summed E-state index contributed by atoms with van der Waals surface area (Å²) in [6, 6.07) is 9.29. The molecule has 0 radical (unpaired) electrons. The molecular formula is C13H15N5. The molecule has 1 aromatic heterocycles. The Labute approximate surface area is 106 Å². The number of rotatable bonds is 4. The minimum Gasteiger partial charge on any atom is -0.397 e. The van der Waals surface area contributed by atoms with E-state index in [0.29, 0.717) is 11.3 Å². The fourth-order valence-electron chi connectivity index (χ4n) is 1.72. The molecule has 1 aromatic carbocycles. The first-order chi connectivity index (χ1) is 8.69. The van der Waals surface area contributed by atoms with Crippen LogP contribution in [-0.4, -0.2) is 16.3 Å². The summed E-state index contributed by atoms with van der Waals surface area (Å²) >= 11 is 0. The van der Waals surface area contributed by atoms with Gasteiger partial charge >= 0.3 is 0 Å². The van der Waals surface area contributed by atoms with Gasteiger partial charge in [0.2, 0.25) is 0 Å². The van der Waals surface area contributed by atoms with Gasteiger partial charge in [-0.05, 0) is 24.3 Å². The molecule has 0 amide bonds. The number of benzene rings is 1. The van der Waals surface area contributed by atoms with Gasteiger partial charge in [-0.1, -0.05) is 0 Å². The number of hydrogen-bond donors (Lipinski definition) is 2. The normalized spacial score (nSPS) is 10.0. The fourth-order valence-corrected chi connectivity index (χ4v) is 1.72. The number of hydrogen-bond acceptors (Lipinski definition) is 4. The monoisotopic (exact) mass is 241 g/mol. The van der Waals surface area contributed by atoms with Gasteiger partial charge in [-0.25, -0.2) is 0 Å². The SMILES string of the molecule is Cn1ccc(CCNc2ccc(C#N)cc2N)n1. The van der Waals surface area contributed by atoms with Gasteiger partial charge in [-0.3, -0.25) is 4.68 Å². The number of aryl methyl sites for hydroxylation is 1. The molecule has 0 bridgehead atoms. The molecule has 3 N–H and O–H groups in total. The summed E-state index contributed by atoms with van der Waals surface area (Å²) in [5.41, 5.74) is 8.90.